The van der Waals surface area contributed by atoms with Crippen LogP contribution in [0.15, 0.2) is 188 Å². The highest BCUT2D eigenvalue weighted by molar-refractivity contribution is 6.36. The molecule has 0 aliphatic rings. The molecule has 0 unspecified atom stereocenters. The summed E-state index contributed by atoms with van der Waals surface area (Å²) in [6, 6.07) is 68.1. The van der Waals surface area contributed by atoms with E-state index in [1.807, 2.05) is 0 Å². The molecule has 5 nitrogen and oxygen atoms in total. The summed E-state index contributed by atoms with van der Waals surface area (Å²) in [4.78, 5) is 0. The van der Waals surface area contributed by atoms with Gasteiger partial charge in [0.05, 0.1) is 38.6 Å². The van der Waals surface area contributed by atoms with Crippen LogP contribution in [0.4, 0.5) is 0 Å². The van der Waals surface area contributed by atoms with Crippen LogP contribution in [-0.4, -0.2) is 23.7 Å². The van der Waals surface area contributed by atoms with Crippen molar-refractivity contribution in [1.82, 2.24) is 23.7 Å². The molecule has 9 aromatic carbocycles. The maximum atomic E-state index is 5.24. The molecule has 14 aromatic rings. The van der Waals surface area contributed by atoms with Gasteiger partial charge in [0.2, 0.25) is 0 Å². The summed E-state index contributed by atoms with van der Waals surface area (Å²) in [5.74, 6) is 0.824. The van der Waals surface area contributed by atoms with E-state index in [0.717, 1.165) is 50.1 Å². The molecular formula is C54H31N5. The standard InChI is InChI=1S/C54H31N5/c1-2-15-34(16-3-1)57-45-23-11-8-18-36(45)42-30-33(27-29-48(42)57)50-39-21-6-7-22-40(39)54(56-55-50)59-47-25-13-10-20-38(47)44-31-43-37-19-9-12-24-46(37)58-51-35-17-5-4-14-32(35)26-28-41(51)49(52(43)58)53(44)59/h1-31H. The van der Waals surface area contributed by atoms with Gasteiger partial charge in [-0.1, -0.05) is 140 Å². The highest BCUT2D eigenvalue weighted by atomic mass is 15.2. The molecule has 0 fully saturated rings. The summed E-state index contributed by atoms with van der Waals surface area (Å²) < 4.78 is 7.25. The second kappa shape index (κ2) is 11.3. The molecule has 0 bridgehead atoms. The second-order valence-electron chi connectivity index (χ2n) is 15.8. The minimum absolute atomic E-state index is 0.824. The molecule has 0 aliphatic heterocycles. The van der Waals surface area contributed by atoms with Crippen molar-refractivity contribution in [2.24, 2.45) is 0 Å². The van der Waals surface area contributed by atoms with Gasteiger partial charge < -0.3 is 8.97 Å². The van der Waals surface area contributed by atoms with Gasteiger partial charge in [0.1, 0.15) is 5.69 Å². The predicted molar refractivity (Wildman–Crippen MR) is 246 cm³/mol. The fourth-order valence-electron chi connectivity index (χ4n) is 10.4. The van der Waals surface area contributed by atoms with E-state index < -0.39 is 0 Å². The lowest BCUT2D eigenvalue weighted by molar-refractivity contribution is 0.978. The van der Waals surface area contributed by atoms with E-state index >= 15 is 0 Å². The zero-order chi connectivity index (χ0) is 38.3. The predicted octanol–water partition coefficient (Wildman–Crippen LogP) is 13.8. The van der Waals surface area contributed by atoms with Gasteiger partial charge in [-0.2, -0.15) is 0 Å². The topological polar surface area (TPSA) is 40.0 Å². The number of hydrogen-bond acceptors (Lipinski definition) is 2. The molecule has 5 heterocycles. The SMILES string of the molecule is c1ccc(-n2c3ccccc3c3cc(-c4nnc(-n5c6ccccc6c6cc7c8ccccc8n8c9c%10ccccc%10ccc9c(c65)c78)c5ccccc45)ccc32)cc1. The van der Waals surface area contributed by atoms with Gasteiger partial charge in [0, 0.05) is 70.5 Å². The van der Waals surface area contributed by atoms with Crippen molar-refractivity contribution in [3.8, 4) is 22.8 Å². The number of hydrogen-bond donors (Lipinski definition) is 0. The number of aromatic nitrogens is 5. The molecular weight excluding hydrogens is 719 g/mol. The largest absolute Gasteiger partial charge is 0.309 e. The van der Waals surface area contributed by atoms with E-state index in [9.17, 15) is 0 Å². The Balaban J connectivity index is 1.09. The van der Waals surface area contributed by atoms with Crippen LogP contribution in [0, 0.1) is 0 Å². The van der Waals surface area contributed by atoms with E-state index in [2.05, 4.69) is 202 Å². The van der Waals surface area contributed by atoms with Crippen LogP contribution in [0.2, 0.25) is 0 Å². The van der Waals surface area contributed by atoms with Gasteiger partial charge in [0.25, 0.3) is 0 Å². The second-order valence-corrected chi connectivity index (χ2v) is 15.8. The molecule has 0 radical (unpaired) electrons. The van der Waals surface area contributed by atoms with Gasteiger partial charge in [-0.3, -0.25) is 4.57 Å². The van der Waals surface area contributed by atoms with Crippen molar-refractivity contribution >= 4 is 103 Å². The Labute approximate surface area is 336 Å². The first-order valence-electron chi connectivity index (χ1n) is 20.2. The lowest BCUT2D eigenvalue weighted by Crippen LogP contribution is -2.03. The smallest absolute Gasteiger partial charge is 0.168 e. The molecule has 14 rings (SSSR count). The van der Waals surface area contributed by atoms with Gasteiger partial charge in [0.15, 0.2) is 5.82 Å². The van der Waals surface area contributed by atoms with Crippen LogP contribution in [0.25, 0.3) is 126 Å². The number of para-hydroxylation sites is 4. The minimum atomic E-state index is 0.824. The van der Waals surface area contributed by atoms with E-state index in [1.165, 1.54) is 75.9 Å². The van der Waals surface area contributed by atoms with Crippen LogP contribution in [0.5, 0.6) is 0 Å². The molecule has 59 heavy (non-hydrogen) atoms. The Morgan fingerprint density at radius 1 is 0.322 bits per heavy atom. The van der Waals surface area contributed by atoms with Crippen molar-refractivity contribution in [3.63, 3.8) is 0 Å². The molecule has 0 atom stereocenters. The Hall–Kier alpha value is -8.02. The monoisotopic (exact) mass is 749 g/mol. The molecule has 272 valence electrons. The number of nitrogens with zero attached hydrogens (tertiary/aromatic N) is 5. The lowest BCUT2D eigenvalue weighted by Gasteiger charge is -2.13. The van der Waals surface area contributed by atoms with Crippen molar-refractivity contribution < 1.29 is 0 Å². The van der Waals surface area contributed by atoms with Gasteiger partial charge >= 0.3 is 0 Å². The third-order valence-corrected chi connectivity index (χ3v) is 12.8. The molecule has 0 aliphatic carbocycles. The van der Waals surface area contributed by atoms with Crippen LogP contribution in [0.3, 0.4) is 0 Å². The summed E-state index contributed by atoms with van der Waals surface area (Å²) in [5, 5.41) is 24.8. The van der Waals surface area contributed by atoms with E-state index in [0.29, 0.717) is 0 Å². The molecule has 5 heteroatoms. The first-order valence-corrected chi connectivity index (χ1v) is 20.2. The van der Waals surface area contributed by atoms with E-state index in [-0.39, 0.29) is 0 Å². The Bertz CT molecular complexity index is 4070. The Morgan fingerprint density at radius 3 is 1.71 bits per heavy atom. The van der Waals surface area contributed by atoms with Crippen LogP contribution in [-0.2, 0) is 0 Å². The zero-order valence-electron chi connectivity index (χ0n) is 31.6. The number of benzene rings is 9. The summed E-state index contributed by atoms with van der Waals surface area (Å²) in [5.41, 5.74) is 11.4. The van der Waals surface area contributed by atoms with Crippen molar-refractivity contribution in [2.45, 2.75) is 0 Å². The quantitative estimate of drug-likeness (QED) is 0.180. The maximum absolute atomic E-state index is 5.24. The third kappa shape index (κ3) is 3.98. The molecule has 0 N–H and O–H groups in total. The molecule has 0 saturated heterocycles. The van der Waals surface area contributed by atoms with E-state index in [1.54, 1.807) is 0 Å². The molecule has 5 aromatic heterocycles. The maximum Gasteiger partial charge on any atom is 0.168 e. The molecule has 0 spiro atoms. The van der Waals surface area contributed by atoms with Crippen LogP contribution < -0.4 is 0 Å². The summed E-state index contributed by atoms with van der Waals surface area (Å²) in [6.07, 6.45) is 0. The molecule has 0 amide bonds. The first kappa shape index (κ1) is 31.1. The average Bonchev–Trinajstić information content (AvgIpc) is 4.03. The van der Waals surface area contributed by atoms with Gasteiger partial charge in [-0.15, -0.1) is 10.2 Å². The number of rotatable bonds is 3. The summed E-state index contributed by atoms with van der Waals surface area (Å²) in [7, 11) is 0. The van der Waals surface area contributed by atoms with Crippen LogP contribution in [0.1, 0.15) is 0 Å². The van der Waals surface area contributed by atoms with Crippen molar-refractivity contribution in [1.29, 1.82) is 0 Å². The normalized spacial score (nSPS) is 12.4. The zero-order valence-corrected chi connectivity index (χ0v) is 31.6. The van der Waals surface area contributed by atoms with Crippen molar-refractivity contribution in [2.75, 3.05) is 0 Å². The van der Waals surface area contributed by atoms with Crippen LogP contribution >= 0.6 is 0 Å². The number of fused-ring (bicyclic) bond motifs is 16. The Morgan fingerprint density at radius 2 is 0.915 bits per heavy atom. The highest BCUT2D eigenvalue weighted by Crippen LogP contribution is 2.48. The molecule has 0 saturated carbocycles. The van der Waals surface area contributed by atoms with Gasteiger partial charge in [-0.25, -0.2) is 0 Å². The average molecular weight is 750 g/mol. The Kier molecular flexibility index (Phi) is 5.96. The van der Waals surface area contributed by atoms with E-state index in [4.69, 9.17) is 10.2 Å². The highest BCUT2D eigenvalue weighted by Gasteiger charge is 2.26. The summed E-state index contributed by atoms with van der Waals surface area (Å²) in [6.45, 7) is 0. The van der Waals surface area contributed by atoms with Crippen molar-refractivity contribution in [3.05, 3.63) is 188 Å². The third-order valence-electron chi connectivity index (χ3n) is 12.8. The summed E-state index contributed by atoms with van der Waals surface area (Å²) >= 11 is 0. The first-order chi connectivity index (χ1) is 29.3. The fraction of sp³-hybridized carbons (Fsp3) is 0. The fourth-order valence-corrected chi connectivity index (χ4v) is 10.4. The lowest BCUT2D eigenvalue weighted by atomic mass is 10.0. The minimum Gasteiger partial charge on any atom is -0.309 e. The van der Waals surface area contributed by atoms with Gasteiger partial charge in [-0.05, 0) is 53.9 Å².